The Labute approximate surface area is 201 Å². The molecule has 2 amide bonds. The molecule has 0 aromatic rings. The van der Waals surface area contributed by atoms with E-state index < -0.39 is 0 Å². The van der Waals surface area contributed by atoms with E-state index in [9.17, 15) is 9.59 Å². The Bertz CT molecular complexity index is 583. The Kier molecular flexibility index (Phi) is 12.0. The summed E-state index contributed by atoms with van der Waals surface area (Å²) in [6.07, 6.45) is 13.1. The van der Waals surface area contributed by atoms with E-state index in [2.05, 4.69) is 21.3 Å². The highest BCUT2D eigenvalue weighted by Gasteiger charge is 2.55. The van der Waals surface area contributed by atoms with Gasteiger partial charge in [-0.1, -0.05) is 6.42 Å². The van der Waals surface area contributed by atoms with E-state index in [1.165, 1.54) is 38.5 Å². The zero-order valence-corrected chi connectivity index (χ0v) is 20.7. The molecule has 6 N–H and O–H groups in total. The lowest BCUT2D eigenvalue weighted by Crippen LogP contribution is -2.38. The summed E-state index contributed by atoms with van der Waals surface area (Å²) in [5.74, 6) is 3.89. The maximum absolute atomic E-state index is 12.7. The Morgan fingerprint density at radius 1 is 0.667 bits per heavy atom. The molecule has 4 aliphatic rings. The number of nitrogens with two attached hydrogens (primary N) is 1. The van der Waals surface area contributed by atoms with Crippen LogP contribution in [-0.2, 0) is 9.59 Å². The number of rotatable bonds is 19. The van der Waals surface area contributed by atoms with Crippen LogP contribution in [0, 0.1) is 29.6 Å². The van der Waals surface area contributed by atoms with E-state index in [1.54, 1.807) is 0 Å². The third-order valence-corrected chi connectivity index (χ3v) is 8.11. The van der Waals surface area contributed by atoms with Gasteiger partial charge in [0.2, 0.25) is 11.8 Å². The fourth-order valence-corrected chi connectivity index (χ4v) is 6.57. The number of unbranched alkanes of at least 4 members (excludes halogenated alkanes) is 3. The van der Waals surface area contributed by atoms with Crippen molar-refractivity contribution in [3.63, 3.8) is 0 Å². The van der Waals surface area contributed by atoms with Gasteiger partial charge < -0.3 is 27.0 Å². The van der Waals surface area contributed by atoms with Crippen molar-refractivity contribution < 1.29 is 9.59 Å². The number of carbonyl (C=O) groups is 2. The fraction of sp³-hybridized carbons (Fsp3) is 0.923. The first-order chi connectivity index (χ1) is 16.2. The van der Waals surface area contributed by atoms with Gasteiger partial charge in [0, 0.05) is 25.4 Å². The van der Waals surface area contributed by atoms with Crippen molar-refractivity contribution in [3.05, 3.63) is 0 Å². The lowest BCUT2D eigenvalue weighted by atomic mass is 9.75. The zero-order chi connectivity index (χ0) is 23.3. The Balaban J connectivity index is 1.06. The predicted octanol–water partition coefficient (Wildman–Crippen LogP) is 2.16. The first-order valence-electron chi connectivity index (χ1n) is 13.8. The summed E-state index contributed by atoms with van der Waals surface area (Å²) in [6, 6.07) is 0. The van der Waals surface area contributed by atoms with Crippen molar-refractivity contribution in [1.29, 1.82) is 0 Å². The molecule has 0 aromatic heterocycles. The van der Waals surface area contributed by atoms with Gasteiger partial charge in [-0.15, -0.1) is 0 Å². The molecule has 4 bridgehead atoms. The molecule has 4 aliphatic carbocycles. The number of hydrogen-bond donors (Lipinski definition) is 5. The molecule has 5 atom stereocenters. The van der Waals surface area contributed by atoms with E-state index in [-0.39, 0.29) is 5.91 Å². The molecular weight excluding hydrogens is 414 g/mol. The molecule has 0 radical (unpaired) electrons. The van der Waals surface area contributed by atoms with Crippen molar-refractivity contribution in [2.45, 2.75) is 77.0 Å². The number of amides is 2. The van der Waals surface area contributed by atoms with Crippen molar-refractivity contribution in [2.75, 3.05) is 45.8 Å². The molecule has 7 nitrogen and oxygen atoms in total. The van der Waals surface area contributed by atoms with Gasteiger partial charge in [0.25, 0.3) is 0 Å². The molecule has 4 saturated carbocycles. The third-order valence-electron chi connectivity index (χ3n) is 8.11. The summed E-state index contributed by atoms with van der Waals surface area (Å²) in [7, 11) is 0. The minimum atomic E-state index is 0.153. The molecule has 0 spiro atoms. The monoisotopic (exact) mass is 463 g/mol. The summed E-state index contributed by atoms with van der Waals surface area (Å²) in [5, 5.41) is 13.1. The fourth-order valence-electron chi connectivity index (χ4n) is 6.57. The van der Waals surface area contributed by atoms with Gasteiger partial charge in [0.1, 0.15) is 0 Å². The summed E-state index contributed by atoms with van der Waals surface area (Å²) in [5.41, 5.74) is 5.46. The van der Waals surface area contributed by atoms with Crippen LogP contribution in [0.15, 0.2) is 0 Å². The van der Waals surface area contributed by atoms with E-state index in [4.69, 9.17) is 5.73 Å². The van der Waals surface area contributed by atoms with Crippen molar-refractivity contribution >= 4 is 11.8 Å². The van der Waals surface area contributed by atoms with Gasteiger partial charge in [-0.05, 0) is 121 Å². The second kappa shape index (κ2) is 14.9. The Hall–Kier alpha value is -1.18. The molecular formula is C26H49N5O2. The average Bonchev–Trinajstić information content (AvgIpc) is 3.23. The summed E-state index contributed by atoms with van der Waals surface area (Å²) >= 11 is 0. The highest BCUT2D eigenvalue weighted by atomic mass is 16.2. The first-order valence-corrected chi connectivity index (χ1v) is 13.8. The van der Waals surface area contributed by atoms with Crippen LogP contribution >= 0.6 is 0 Å². The summed E-state index contributed by atoms with van der Waals surface area (Å²) in [4.78, 5) is 24.6. The molecule has 4 rings (SSSR count). The highest BCUT2D eigenvalue weighted by molar-refractivity contribution is 5.80. The smallest absolute Gasteiger partial charge is 0.223 e. The molecule has 7 heteroatoms. The lowest BCUT2D eigenvalue weighted by Gasteiger charge is -2.31. The van der Waals surface area contributed by atoms with Gasteiger partial charge in [-0.3, -0.25) is 9.59 Å². The molecule has 0 heterocycles. The number of nitrogens with one attached hydrogen (secondary N) is 4. The summed E-state index contributed by atoms with van der Waals surface area (Å²) < 4.78 is 0. The maximum Gasteiger partial charge on any atom is 0.223 e. The average molecular weight is 464 g/mol. The predicted molar refractivity (Wildman–Crippen MR) is 134 cm³/mol. The van der Waals surface area contributed by atoms with Crippen LogP contribution in [0.3, 0.4) is 0 Å². The van der Waals surface area contributed by atoms with Crippen LogP contribution in [0.4, 0.5) is 0 Å². The van der Waals surface area contributed by atoms with Gasteiger partial charge in [0.05, 0.1) is 0 Å². The molecule has 4 fully saturated rings. The SMILES string of the molecule is NCCCNCCCCNCCCNC(=O)CCCCCNC(=O)C1C2CC3CC(C2)C1C3. The highest BCUT2D eigenvalue weighted by Crippen LogP contribution is 2.60. The van der Waals surface area contributed by atoms with E-state index in [0.717, 1.165) is 89.8 Å². The molecule has 0 aromatic carbocycles. The van der Waals surface area contributed by atoms with Crippen LogP contribution < -0.4 is 27.0 Å². The van der Waals surface area contributed by atoms with Gasteiger partial charge in [-0.25, -0.2) is 0 Å². The second-order valence-corrected chi connectivity index (χ2v) is 10.7. The first kappa shape index (κ1) is 26.4. The van der Waals surface area contributed by atoms with Crippen molar-refractivity contribution in [3.8, 4) is 0 Å². The minimum Gasteiger partial charge on any atom is -0.356 e. The second-order valence-electron chi connectivity index (χ2n) is 10.7. The zero-order valence-electron chi connectivity index (χ0n) is 20.7. The quantitative estimate of drug-likeness (QED) is 0.189. The normalized spacial score (nSPS) is 27.2. The lowest BCUT2D eigenvalue weighted by molar-refractivity contribution is -0.128. The summed E-state index contributed by atoms with van der Waals surface area (Å²) in [6.45, 7) is 6.33. The van der Waals surface area contributed by atoms with Crippen molar-refractivity contribution in [1.82, 2.24) is 21.3 Å². The van der Waals surface area contributed by atoms with Crippen molar-refractivity contribution in [2.24, 2.45) is 35.3 Å². The van der Waals surface area contributed by atoms with Crippen LogP contribution in [-0.4, -0.2) is 57.6 Å². The van der Waals surface area contributed by atoms with E-state index in [0.29, 0.717) is 30.1 Å². The molecule has 0 aliphatic heterocycles. The van der Waals surface area contributed by atoms with E-state index >= 15 is 0 Å². The topological polar surface area (TPSA) is 108 Å². The van der Waals surface area contributed by atoms with Crippen LogP contribution in [0.2, 0.25) is 0 Å². The largest absolute Gasteiger partial charge is 0.356 e. The molecule has 33 heavy (non-hydrogen) atoms. The minimum absolute atomic E-state index is 0.153. The maximum atomic E-state index is 12.7. The van der Waals surface area contributed by atoms with Gasteiger partial charge in [0.15, 0.2) is 0 Å². The van der Waals surface area contributed by atoms with Crippen LogP contribution in [0.25, 0.3) is 0 Å². The standard InChI is InChI=1S/C26H49N5O2/c27-9-6-12-28-10-4-5-11-29-13-7-15-30-24(32)8-2-1-3-14-31-26(33)25-22-17-20-16-21(19-22)23(25)18-20/h20-23,25,28-29H,1-19,27H2,(H,30,32)(H,31,33). The Morgan fingerprint density at radius 3 is 2.09 bits per heavy atom. The molecule has 5 unspecified atom stereocenters. The van der Waals surface area contributed by atoms with Gasteiger partial charge >= 0.3 is 0 Å². The third kappa shape index (κ3) is 8.84. The number of carbonyl (C=O) groups excluding carboxylic acids is 2. The Morgan fingerprint density at radius 2 is 1.33 bits per heavy atom. The van der Waals surface area contributed by atoms with Gasteiger partial charge in [-0.2, -0.15) is 0 Å². The van der Waals surface area contributed by atoms with Crippen LogP contribution in [0.5, 0.6) is 0 Å². The van der Waals surface area contributed by atoms with Crippen LogP contribution in [0.1, 0.15) is 77.0 Å². The number of hydrogen-bond acceptors (Lipinski definition) is 5. The molecule has 190 valence electrons. The molecule has 0 saturated heterocycles. The van der Waals surface area contributed by atoms with E-state index in [1.807, 2.05) is 0 Å².